The van der Waals surface area contributed by atoms with Gasteiger partial charge in [0.05, 0.1) is 47.1 Å². The van der Waals surface area contributed by atoms with Crippen LogP contribution in [0.3, 0.4) is 0 Å². The average molecular weight is 542 g/mol. The third-order valence-electron chi connectivity index (χ3n) is 6.64. The second-order valence-electron chi connectivity index (χ2n) is 9.36. The average Bonchev–Trinajstić information content (AvgIpc) is 3.63. The molecule has 0 spiro atoms. The molecule has 0 aliphatic rings. The van der Waals surface area contributed by atoms with Crippen molar-refractivity contribution >= 4 is 33.5 Å². The van der Waals surface area contributed by atoms with Crippen LogP contribution in [-0.4, -0.2) is 46.0 Å². The number of benzene rings is 1. The maximum atomic E-state index is 16.1. The van der Waals surface area contributed by atoms with Crippen LogP contribution in [0.4, 0.5) is 10.1 Å². The van der Waals surface area contributed by atoms with Gasteiger partial charge in [0.1, 0.15) is 16.9 Å². The quantitative estimate of drug-likeness (QED) is 0.258. The minimum atomic E-state index is -0.591. The second kappa shape index (κ2) is 10.0. The smallest absolute Gasteiger partial charge is 0.228 e. The third-order valence-corrected chi connectivity index (χ3v) is 6.64. The minimum absolute atomic E-state index is 0.0700. The summed E-state index contributed by atoms with van der Waals surface area (Å²) in [5.41, 5.74) is 5.49. The molecule has 7 rings (SSSR count). The van der Waals surface area contributed by atoms with Crippen LogP contribution >= 0.6 is 0 Å². The first-order valence-corrected chi connectivity index (χ1v) is 12.7. The van der Waals surface area contributed by atoms with Gasteiger partial charge < -0.3 is 10.3 Å². The normalized spacial score (nSPS) is 11.2. The fraction of sp³-hybridized carbons (Fsp3) is 0.0333. The van der Waals surface area contributed by atoms with E-state index in [1.165, 1.54) is 18.6 Å². The first kappa shape index (κ1) is 24.2. The number of fused-ring (bicyclic) bond motifs is 2. The molecule has 1 aromatic carbocycles. The summed E-state index contributed by atoms with van der Waals surface area (Å²) < 4.78 is 16.1. The van der Waals surface area contributed by atoms with E-state index in [2.05, 4.69) is 40.4 Å². The molecule has 6 heterocycles. The van der Waals surface area contributed by atoms with E-state index in [0.29, 0.717) is 39.3 Å². The van der Waals surface area contributed by atoms with Crippen LogP contribution in [0.2, 0.25) is 0 Å². The molecular weight excluding hydrogens is 521 g/mol. The molecule has 0 atom stereocenters. The number of nitrogens with zero attached hydrogens (tertiary/aromatic N) is 6. The highest BCUT2D eigenvalue weighted by Crippen LogP contribution is 2.34. The number of hydrogen-bond donors (Lipinski definition) is 3. The van der Waals surface area contributed by atoms with Crippen LogP contribution in [0, 0.1) is 5.82 Å². The Morgan fingerprint density at radius 1 is 0.854 bits per heavy atom. The van der Waals surface area contributed by atoms with Crippen LogP contribution in [0.1, 0.15) is 5.56 Å². The van der Waals surface area contributed by atoms with Crippen molar-refractivity contribution in [2.45, 2.75) is 6.42 Å². The molecule has 0 saturated heterocycles. The fourth-order valence-electron chi connectivity index (χ4n) is 4.75. The standard InChI is InChI=1S/C30H20FN9O/c31-26-25-22(16-35-27(26)19-10-20(13-33-12-19)36-24(41)9-17-5-2-1-3-6-17)39-40-29(25)30-37-23-15-34-14-21(28(23)38-30)18-7-4-8-32-11-18/h1-8,10-16H,9H2,(H,36,41)(H,37,38)(H,39,40). The number of hydrogen-bond acceptors (Lipinski definition) is 7. The van der Waals surface area contributed by atoms with Crippen molar-refractivity contribution in [2.24, 2.45) is 0 Å². The number of carbonyl (C=O) groups is 1. The third kappa shape index (κ3) is 4.55. The molecule has 41 heavy (non-hydrogen) atoms. The molecule has 0 bridgehead atoms. The SMILES string of the molecule is O=C(Cc1ccccc1)Nc1cncc(-c2ncc3[nH]nc(-c4nc5c(-c6cccnc6)cncc5[nH]4)c3c2F)c1. The van der Waals surface area contributed by atoms with Gasteiger partial charge in [0.15, 0.2) is 11.6 Å². The van der Waals surface area contributed by atoms with Gasteiger partial charge in [-0.2, -0.15) is 5.10 Å². The van der Waals surface area contributed by atoms with Crippen molar-refractivity contribution in [3.05, 3.63) is 103 Å². The highest BCUT2D eigenvalue weighted by Gasteiger charge is 2.21. The molecule has 0 fully saturated rings. The van der Waals surface area contributed by atoms with Crippen LogP contribution in [0.15, 0.2) is 91.9 Å². The van der Waals surface area contributed by atoms with Crippen LogP contribution in [0.25, 0.3) is 55.8 Å². The zero-order valence-corrected chi connectivity index (χ0v) is 21.3. The number of anilines is 1. The van der Waals surface area contributed by atoms with E-state index in [0.717, 1.165) is 16.7 Å². The number of imidazole rings is 1. The Labute approximate surface area is 231 Å². The lowest BCUT2D eigenvalue weighted by Crippen LogP contribution is -2.14. The molecule has 0 unspecified atom stereocenters. The number of pyridine rings is 4. The molecule has 0 aliphatic heterocycles. The number of carbonyl (C=O) groups excluding carboxylic acids is 1. The van der Waals surface area contributed by atoms with Crippen molar-refractivity contribution in [1.82, 2.24) is 40.1 Å². The Bertz CT molecular complexity index is 2040. The van der Waals surface area contributed by atoms with Gasteiger partial charge in [0.25, 0.3) is 0 Å². The summed E-state index contributed by atoms with van der Waals surface area (Å²) in [6.45, 7) is 0. The van der Waals surface area contributed by atoms with Crippen molar-refractivity contribution in [3.8, 4) is 33.9 Å². The highest BCUT2D eigenvalue weighted by atomic mass is 19.1. The Hall–Kier alpha value is -5.84. The number of aromatic nitrogens is 8. The molecule has 6 aromatic heterocycles. The van der Waals surface area contributed by atoms with Gasteiger partial charge in [-0.3, -0.25) is 29.8 Å². The van der Waals surface area contributed by atoms with Gasteiger partial charge in [-0.05, 0) is 17.7 Å². The minimum Gasteiger partial charge on any atom is -0.335 e. The van der Waals surface area contributed by atoms with Crippen molar-refractivity contribution in [1.29, 1.82) is 0 Å². The summed E-state index contributed by atoms with van der Waals surface area (Å²) in [5, 5.41) is 10.3. The molecule has 0 saturated carbocycles. The number of rotatable bonds is 6. The van der Waals surface area contributed by atoms with Gasteiger partial charge in [0, 0.05) is 41.5 Å². The lowest BCUT2D eigenvalue weighted by molar-refractivity contribution is -0.115. The molecule has 11 heteroatoms. The molecule has 0 aliphatic carbocycles. The van der Waals surface area contributed by atoms with Gasteiger partial charge in [0.2, 0.25) is 5.91 Å². The summed E-state index contributed by atoms with van der Waals surface area (Å²) in [6.07, 6.45) is 11.5. The monoisotopic (exact) mass is 541 g/mol. The molecule has 3 N–H and O–H groups in total. The predicted molar refractivity (Wildman–Crippen MR) is 152 cm³/mol. The van der Waals surface area contributed by atoms with E-state index < -0.39 is 5.82 Å². The van der Waals surface area contributed by atoms with Crippen LogP contribution in [0.5, 0.6) is 0 Å². The summed E-state index contributed by atoms with van der Waals surface area (Å²) in [5.74, 6) is -0.423. The summed E-state index contributed by atoms with van der Waals surface area (Å²) in [6, 6.07) is 14.8. The largest absolute Gasteiger partial charge is 0.335 e. The maximum Gasteiger partial charge on any atom is 0.228 e. The predicted octanol–water partition coefficient (Wildman–Crippen LogP) is 5.34. The van der Waals surface area contributed by atoms with Crippen molar-refractivity contribution in [3.63, 3.8) is 0 Å². The molecule has 10 nitrogen and oxygen atoms in total. The summed E-state index contributed by atoms with van der Waals surface area (Å²) in [4.78, 5) is 37.6. The van der Waals surface area contributed by atoms with E-state index in [1.807, 2.05) is 42.5 Å². The molecule has 7 aromatic rings. The Kier molecular flexibility index (Phi) is 5.93. The Morgan fingerprint density at radius 2 is 1.71 bits per heavy atom. The number of halogens is 1. The Balaban J connectivity index is 1.24. The fourth-order valence-corrected chi connectivity index (χ4v) is 4.75. The number of amides is 1. The Morgan fingerprint density at radius 3 is 2.56 bits per heavy atom. The maximum absolute atomic E-state index is 16.1. The van der Waals surface area contributed by atoms with Crippen molar-refractivity contribution in [2.75, 3.05) is 5.32 Å². The zero-order valence-electron chi connectivity index (χ0n) is 21.3. The number of aromatic amines is 2. The first-order valence-electron chi connectivity index (χ1n) is 12.7. The van der Waals surface area contributed by atoms with Gasteiger partial charge in [-0.15, -0.1) is 0 Å². The van der Waals surface area contributed by atoms with E-state index in [1.54, 1.807) is 30.9 Å². The lowest BCUT2D eigenvalue weighted by Gasteiger charge is -2.08. The molecule has 0 radical (unpaired) electrons. The first-order chi connectivity index (χ1) is 20.1. The van der Waals surface area contributed by atoms with Crippen LogP contribution in [-0.2, 0) is 11.2 Å². The number of nitrogens with one attached hydrogen (secondary N) is 3. The van der Waals surface area contributed by atoms with E-state index in [-0.39, 0.29) is 23.4 Å². The van der Waals surface area contributed by atoms with E-state index >= 15 is 4.39 Å². The number of H-pyrrole nitrogens is 2. The van der Waals surface area contributed by atoms with Gasteiger partial charge in [-0.25, -0.2) is 9.37 Å². The highest BCUT2D eigenvalue weighted by molar-refractivity contribution is 5.98. The van der Waals surface area contributed by atoms with Gasteiger partial charge >= 0.3 is 0 Å². The molecule has 198 valence electrons. The zero-order chi connectivity index (χ0) is 27.8. The lowest BCUT2D eigenvalue weighted by atomic mass is 10.1. The van der Waals surface area contributed by atoms with Crippen molar-refractivity contribution < 1.29 is 9.18 Å². The van der Waals surface area contributed by atoms with Crippen LogP contribution < -0.4 is 5.32 Å². The molecular formula is C30H20FN9O. The summed E-state index contributed by atoms with van der Waals surface area (Å²) in [7, 11) is 0. The molecule has 1 amide bonds. The topological polar surface area (TPSA) is 138 Å². The second-order valence-corrected chi connectivity index (χ2v) is 9.36. The summed E-state index contributed by atoms with van der Waals surface area (Å²) >= 11 is 0. The van der Waals surface area contributed by atoms with Gasteiger partial charge in [-0.1, -0.05) is 36.4 Å². The van der Waals surface area contributed by atoms with E-state index in [4.69, 9.17) is 4.98 Å². The van der Waals surface area contributed by atoms with E-state index in [9.17, 15) is 4.79 Å².